The average Bonchev–Trinajstić information content (AvgIpc) is 4.30. The van der Waals surface area contributed by atoms with Crippen LogP contribution in [0.2, 0.25) is 0 Å². The van der Waals surface area contributed by atoms with Crippen molar-refractivity contribution in [2.45, 2.75) is 192 Å². The second kappa shape index (κ2) is 18.8. The fourth-order valence-electron chi connectivity index (χ4n) is 21.6. The number of aliphatic hydroxyl groups excluding tert-OH is 7. The summed E-state index contributed by atoms with van der Waals surface area (Å²) in [6.45, 7) is 8.69. The van der Waals surface area contributed by atoms with E-state index in [2.05, 4.69) is 52.4 Å². The Morgan fingerprint density at radius 3 is 2.39 bits per heavy atom. The molecular weight excluding hydrogens is 987 g/mol. The van der Waals surface area contributed by atoms with Crippen LogP contribution in [0.25, 0.3) is 0 Å². The Kier molecular flexibility index (Phi) is 13.2. The van der Waals surface area contributed by atoms with E-state index in [4.69, 9.17) is 20.2 Å². The molecule has 2 spiro atoms. The Hall–Kier alpha value is -3.50. The third-order valence-electron chi connectivity index (χ3n) is 25.2. The number of amides is 1. The number of carbonyl (C=O) groups is 2. The van der Waals surface area contributed by atoms with E-state index in [-0.39, 0.29) is 67.7 Å². The summed E-state index contributed by atoms with van der Waals surface area (Å²) < 4.78 is 12.9. The van der Waals surface area contributed by atoms with Gasteiger partial charge in [-0.25, -0.2) is 9.97 Å². The molecule has 22 atom stereocenters. The molecule has 2 aromatic heterocycles. The van der Waals surface area contributed by atoms with E-state index in [9.17, 15) is 45.6 Å². The number of nitrogens with zero attached hydrogens (tertiary/aromatic N) is 2. The highest BCUT2D eigenvalue weighted by Crippen LogP contribution is 2.86. The van der Waals surface area contributed by atoms with Gasteiger partial charge in [-0.1, -0.05) is 58.6 Å². The van der Waals surface area contributed by atoms with Crippen LogP contribution >= 0.6 is 0 Å². The standard InChI is InChI=1S/C58H87N7O12/c1-51(26-66)18-19-57(50(74)75)35(22-51)31-10-17-56-14-7-15-58(31,32-21-37-47(64-29-63-37)61-23-36(32)57)53(56,3)16-11-40-52(2,27-67)46(77-48-45(72)44(71)39(68)25-76-48)43(70)34(54(40,56)4)20-33-42(65-49(73)55(33)12-5-6-13-55)30(8-9-41(59)69)38-24-60-28-62-38/h10,24,28-30,32-36,39-46,48,61,66-72H,5-9,11-23,25-27,59H2,1-4H3,(H,60,62)(H,63,64)(H,65,73)(H,74,75). The summed E-state index contributed by atoms with van der Waals surface area (Å²) in [6, 6.07) is -0.444. The van der Waals surface area contributed by atoms with Crippen molar-refractivity contribution < 1.29 is 59.9 Å². The van der Waals surface area contributed by atoms with Gasteiger partial charge in [0.25, 0.3) is 0 Å². The number of allylic oxidation sites excluding steroid dienone is 2. The van der Waals surface area contributed by atoms with E-state index in [0.717, 1.165) is 55.7 Å². The largest absolute Gasteiger partial charge is 0.481 e. The third-order valence-corrected chi connectivity index (χ3v) is 25.2. The monoisotopic (exact) mass is 1070 g/mol. The number of carboxylic acid groups (broad SMARTS) is 1. The zero-order valence-electron chi connectivity index (χ0n) is 45.5. The van der Waals surface area contributed by atoms with Gasteiger partial charge in [0.05, 0.1) is 54.6 Å². The molecule has 2 saturated heterocycles. The molecule has 3 aliphatic heterocycles. The van der Waals surface area contributed by atoms with Crippen LogP contribution < -0.4 is 16.4 Å². The summed E-state index contributed by atoms with van der Waals surface area (Å²) >= 11 is 0. The van der Waals surface area contributed by atoms with Gasteiger partial charge in [0.1, 0.15) is 30.4 Å². The topological polar surface area (TPSA) is 322 Å². The summed E-state index contributed by atoms with van der Waals surface area (Å²) in [7, 11) is 0. The lowest BCUT2D eigenvalue weighted by atomic mass is 9.22. The Labute approximate surface area is 451 Å². The second-order valence-corrected chi connectivity index (χ2v) is 27.6. The first kappa shape index (κ1) is 54.1. The second-order valence-electron chi connectivity index (χ2n) is 27.6. The molecule has 14 N–H and O–H groups in total. The first-order chi connectivity index (χ1) is 36.7. The molecule has 6 saturated carbocycles. The van der Waals surface area contributed by atoms with E-state index in [1.54, 1.807) is 18.9 Å². The van der Waals surface area contributed by atoms with Crippen LogP contribution in [0.5, 0.6) is 0 Å². The predicted octanol–water partition coefficient (Wildman–Crippen LogP) is 3.85. The fraction of sp³-hybridized carbons (Fsp3) is 0.828. The molecule has 2 bridgehead atoms. The zero-order valence-corrected chi connectivity index (χ0v) is 45.5. The molecule has 1 amide bonds. The highest BCUT2D eigenvalue weighted by Gasteiger charge is 2.82. The lowest BCUT2D eigenvalue weighted by Crippen LogP contribution is -2.79. The molecule has 2 aromatic rings. The smallest absolute Gasteiger partial charge is 0.310 e. The number of rotatable bonds is 12. The van der Waals surface area contributed by atoms with Gasteiger partial charge >= 0.3 is 5.97 Å². The van der Waals surface area contributed by atoms with Crippen LogP contribution in [-0.4, -0.2) is 148 Å². The molecule has 77 heavy (non-hydrogen) atoms. The highest BCUT2D eigenvalue weighted by molar-refractivity contribution is 5.86. The van der Waals surface area contributed by atoms with Crippen molar-refractivity contribution in [3.63, 3.8) is 0 Å². The van der Waals surface area contributed by atoms with Crippen LogP contribution in [0.1, 0.15) is 148 Å². The van der Waals surface area contributed by atoms with Crippen molar-refractivity contribution in [1.82, 2.24) is 25.3 Å². The predicted molar refractivity (Wildman–Crippen MR) is 280 cm³/mol. The summed E-state index contributed by atoms with van der Waals surface area (Å²) in [5.74, 6) is -2.36. The molecule has 426 valence electrons. The summed E-state index contributed by atoms with van der Waals surface area (Å²) in [6.07, 6.45) is 8.85. The number of carboxylic acids is 1. The van der Waals surface area contributed by atoms with Gasteiger partial charge in [-0.2, -0.15) is 0 Å². The Balaban J connectivity index is 1.07. The molecule has 19 nitrogen and oxygen atoms in total. The molecule has 19 heteroatoms. The van der Waals surface area contributed by atoms with Crippen LogP contribution in [0, 0.1) is 78.8 Å². The quantitative estimate of drug-likeness (QED) is 0.0816. The maximum absolute atomic E-state index is 15.1. The number of aromatic amines is 2. The number of hydrogen-bond donors (Lipinski definition) is 13. The van der Waals surface area contributed by atoms with Crippen molar-refractivity contribution in [3.8, 4) is 0 Å². The SMILES string of the molecule is CC1(CO)CCC2(C(=O)O)C(C1)C1=CCC34CCCC1(C1Cc5[nH]cnc5NCC12)C3(C)CCC1C(C)(CO)C(OC2OCC(O)C(O)C2O)C(O)C(CC2C(C(CCC(N)O)c3cnc[nH]3)NC(=O)C23CCCC3)C14C. The maximum atomic E-state index is 15.1. The van der Waals surface area contributed by atoms with Crippen molar-refractivity contribution in [2.24, 2.45) is 84.6 Å². The molecule has 7 aliphatic carbocycles. The number of nitrogens with one attached hydrogen (secondary N) is 4. The number of anilines is 1. The molecule has 8 fully saturated rings. The number of imidazole rings is 2. The number of ether oxygens (including phenoxy) is 2. The molecule has 22 unspecified atom stereocenters. The van der Waals surface area contributed by atoms with Crippen molar-refractivity contribution in [2.75, 3.05) is 31.7 Å². The molecule has 0 radical (unpaired) electrons. The normalized spacial score (nSPS) is 48.3. The molecular formula is C58H87N7O12. The van der Waals surface area contributed by atoms with E-state index in [1.165, 1.54) is 5.57 Å². The lowest BCUT2D eigenvalue weighted by molar-refractivity contribution is -0.362. The first-order valence-electron chi connectivity index (χ1n) is 29.3. The van der Waals surface area contributed by atoms with Crippen LogP contribution in [-0.2, 0) is 25.5 Å². The number of aliphatic carboxylic acids is 1. The van der Waals surface area contributed by atoms with Gasteiger partial charge in [-0.3, -0.25) is 9.59 Å². The molecule has 10 aliphatic rings. The summed E-state index contributed by atoms with van der Waals surface area (Å²) in [5, 5.41) is 100. The third kappa shape index (κ3) is 7.15. The molecule has 0 aromatic carbocycles. The molecule has 5 heterocycles. The number of hydrogen-bond acceptors (Lipinski definition) is 15. The number of carbonyl (C=O) groups excluding carboxylic acids is 1. The zero-order chi connectivity index (χ0) is 54.5. The number of fused-ring (bicyclic) bond motifs is 6. The van der Waals surface area contributed by atoms with E-state index < -0.39 is 104 Å². The van der Waals surface area contributed by atoms with Gasteiger partial charge in [0.2, 0.25) is 5.91 Å². The minimum Gasteiger partial charge on any atom is -0.481 e. The number of H-pyrrole nitrogens is 2. The number of nitrogens with two attached hydrogens (primary N) is 1. The van der Waals surface area contributed by atoms with Crippen molar-refractivity contribution in [1.29, 1.82) is 0 Å². The van der Waals surface area contributed by atoms with E-state index in [1.807, 2.05) is 6.92 Å². The van der Waals surface area contributed by atoms with Crippen molar-refractivity contribution >= 4 is 17.7 Å². The van der Waals surface area contributed by atoms with E-state index >= 15 is 4.79 Å². The summed E-state index contributed by atoms with van der Waals surface area (Å²) in [5.41, 5.74) is 3.16. The Morgan fingerprint density at radius 1 is 0.909 bits per heavy atom. The minimum absolute atomic E-state index is 0.0136. The van der Waals surface area contributed by atoms with Gasteiger partial charge in [0.15, 0.2) is 6.29 Å². The van der Waals surface area contributed by atoms with Crippen LogP contribution in [0.4, 0.5) is 5.82 Å². The number of aromatic nitrogens is 4. The van der Waals surface area contributed by atoms with Gasteiger partial charge in [0, 0.05) is 47.8 Å². The maximum Gasteiger partial charge on any atom is 0.310 e. The van der Waals surface area contributed by atoms with E-state index in [0.29, 0.717) is 70.8 Å². The van der Waals surface area contributed by atoms with Gasteiger partial charge in [-0.15, -0.1) is 0 Å². The number of aliphatic hydroxyl groups is 7. The summed E-state index contributed by atoms with van der Waals surface area (Å²) in [4.78, 5) is 45.6. The Bertz CT molecular complexity index is 2590. The highest BCUT2D eigenvalue weighted by atomic mass is 16.7. The lowest BCUT2D eigenvalue weighted by Gasteiger charge is -2.82. The average molecular weight is 1070 g/mol. The van der Waals surface area contributed by atoms with Crippen LogP contribution in [0.3, 0.4) is 0 Å². The first-order valence-corrected chi connectivity index (χ1v) is 29.3. The Morgan fingerprint density at radius 2 is 1.69 bits per heavy atom. The molecule has 12 rings (SSSR count). The van der Waals surface area contributed by atoms with Crippen LogP contribution in [0.15, 0.2) is 30.5 Å². The van der Waals surface area contributed by atoms with Gasteiger partial charge < -0.3 is 76.7 Å². The van der Waals surface area contributed by atoms with Gasteiger partial charge in [-0.05, 0) is 147 Å². The van der Waals surface area contributed by atoms with Crippen molar-refractivity contribution in [3.05, 3.63) is 41.9 Å². The fourth-order valence-corrected chi connectivity index (χ4v) is 21.6. The minimum atomic E-state index is -1.65.